The van der Waals surface area contributed by atoms with E-state index in [1.54, 1.807) is 0 Å². The van der Waals surface area contributed by atoms with Crippen LogP contribution in [-0.2, 0) is 0 Å². The monoisotopic (exact) mass is 341 g/mol. The van der Waals surface area contributed by atoms with Gasteiger partial charge in [0.05, 0.1) is 11.2 Å². The summed E-state index contributed by atoms with van der Waals surface area (Å²) in [7, 11) is 6.06. The molecule has 124 valence electrons. The van der Waals surface area contributed by atoms with Crippen LogP contribution in [0.1, 0.15) is 0 Å². The van der Waals surface area contributed by atoms with Crippen molar-refractivity contribution in [1.29, 1.82) is 0 Å². The lowest BCUT2D eigenvalue weighted by Gasteiger charge is -2.14. The minimum Gasteiger partial charge on any atom is -0.247 e. The first-order chi connectivity index (χ1) is 13.3. The molecule has 0 aliphatic heterocycles. The number of aromatic nitrogens is 1. The van der Waals surface area contributed by atoms with Gasteiger partial charge in [-0.3, -0.25) is 0 Å². The Bertz CT molecular complexity index is 1280. The Morgan fingerprint density at radius 3 is 2.15 bits per heavy atom. The Kier molecular flexibility index (Phi) is 3.76. The zero-order valence-corrected chi connectivity index (χ0v) is 14.8. The van der Waals surface area contributed by atoms with Crippen molar-refractivity contribution in [2.24, 2.45) is 0 Å². The summed E-state index contributed by atoms with van der Waals surface area (Å²) in [5.41, 5.74) is 6.20. The van der Waals surface area contributed by atoms with Gasteiger partial charge in [0.1, 0.15) is 7.85 Å². The third-order valence-electron chi connectivity index (χ3n) is 4.97. The quantitative estimate of drug-likeness (QED) is 0.304. The van der Waals surface area contributed by atoms with E-state index in [1.165, 1.54) is 10.9 Å². The molecule has 0 amide bonds. The fraction of sp³-hybridized carbons (Fsp3) is 0. The molecule has 1 nitrogen and oxygen atoms in total. The normalized spacial score (nSPS) is 11.1. The number of benzene rings is 4. The molecule has 0 spiro atoms. The van der Waals surface area contributed by atoms with Gasteiger partial charge in [0.25, 0.3) is 0 Å². The fourth-order valence-corrected chi connectivity index (χ4v) is 3.77. The van der Waals surface area contributed by atoms with Gasteiger partial charge >= 0.3 is 0 Å². The molecule has 0 aliphatic carbocycles. The van der Waals surface area contributed by atoms with Crippen molar-refractivity contribution in [1.82, 2.24) is 4.98 Å². The van der Waals surface area contributed by atoms with E-state index in [0.717, 1.165) is 38.6 Å². The van der Waals surface area contributed by atoms with Crippen LogP contribution in [0.25, 0.3) is 44.1 Å². The molecule has 27 heavy (non-hydrogen) atoms. The Balaban J connectivity index is 1.95. The van der Waals surface area contributed by atoms with E-state index in [-0.39, 0.29) is 0 Å². The fourth-order valence-electron chi connectivity index (χ4n) is 3.77. The van der Waals surface area contributed by atoms with E-state index < -0.39 is 0 Å². The number of pyridine rings is 1. The van der Waals surface area contributed by atoms with Gasteiger partial charge in [-0.1, -0.05) is 96.5 Å². The van der Waals surface area contributed by atoms with Crippen molar-refractivity contribution < 1.29 is 0 Å². The highest BCUT2D eigenvalue weighted by atomic mass is 14.7. The summed E-state index contributed by atoms with van der Waals surface area (Å²) >= 11 is 0. The first kappa shape index (κ1) is 15.8. The molecule has 0 bridgehead atoms. The summed E-state index contributed by atoms with van der Waals surface area (Å²) in [5.74, 6) is 0. The van der Waals surface area contributed by atoms with Gasteiger partial charge < -0.3 is 0 Å². The van der Waals surface area contributed by atoms with Gasteiger partial charge in [0.2, 0.25) is 0 Å². The highest BCUT2D eigenvalue weighted by molar-refractivity contribution is 6.32. The lowest BCUT2D eigenvalue weighted by molar-refractivity contribution is 1.43. The van der Waals surface area contributed by atoms with Gasteiger partial charge in [-0.15, -0.1) is 0 Å². The molecule has 4 aromatic carbocycles. The average molecular weight is 341 g/mol. The molecule has 0 unspecified atom stereocenters. The van der Waals surface area contributed by atoms with Crippen molar-refractivity contribution in [3.63, 3.8) is 0 Å². The van der Waals surface area contributed by atoms with Crippen LogP contribution in [0.4, 0.5) is 0 Å². The van der Waals surface area contributed by atoms with Gasteiger partial charge in [0, 0.05) is 21.7 Å². The predicted molar refractivity (Wildman–Crippen MR) is 116 cm³/mol. The zero-order valence-electron chi connectivity index (χ0n) is 14.8. The molecule has 0 fully saturated rings. The molecule has 0 aliphatic rings. The number of hydrogen-bond acceptors (Lipinski definition) is 1. The molecule has 0 saturated heterocycles. The number of rotatable bonds is 2. The average Bonchev–Trinajstić information content (AvgIpc) is 2.73. The standard InChI is InChI=1S/C25H16BN/c26-19-11-6-10-18(16-19)20-13-7-14-22-24(20)21-12-4-5-15-23(21)27-25(22)17-8-2-1-3-9-17/h1-16H. The summed E-state index contributed by atoms with van der Waals surface area (Å²) in [4.78, 5) is 5.00. The summed E-state index contributed by atoms with van der Waals surface area (Å²) in [6.45, 7) is 0. The molecule has 5 rings (SSSR count). The second kappa shape index (κ2) is 6.41. The second-order valence-corrected chi connectivity index (χ2v) is 6.70. The van der Waals surface area contributed by atoms with Crippen molar-refractivity contribution in [2.75, 3.05) is 0 Å². The Morgan fingerprint density at radius 2 is 1.30 bits per heavy atom. The number of fused-ring (bicyclic) bond motifs is 3. The van der Waals surface area contributed by atoms with Gasteiger partial charge in [-0.05, 0) is 17.2 Å². The SMILES string of the molecule is [B]c1cccc(-c2cccc3c(-c4ccccc4)nc4ccccc4c23)c1. The van der Waals surface area contributed by atoms with Crippen LogP contribution < -0.4 is 5.46 Å². The van der Waals surface area contributed by atoms with Crippen molar-refractivity contribution in [2.45, 2.75) is 0 Å². The Morgan fingerprint density at radius 1 is 0.593 bits per heavy atom. The molecule has 5 aromatic rings. The summed E-state index contributed by atoms with van der Waals surface area (Å²) < 4.78 is 0. The van der Waals surface area contributed by atoms with Crippen LogP contribution in [0, 0.1) is 0 Å². The van der Waals surface area contributed by atoms with Gasteiger partial charge in [-0.2, -0.15) is 0 Å². The third-order valence-corrected chi connectivity index (χ3v) is 4.97. The van der Waals surface area contributed by atoms with Gasteiger partial charge in [-0.25, -0.2) is 4.98 Å². The Labute approximate surface area is 159 Å². The second-order valence-electron chi connectivity index (χ2n) is 6.70. The molecule has 1 heterocycles. The van der Waals surface area contributed by atoms with Gasteiger partial charge in [0.15, 0.2) is 0 Å². The number of para-hydroxylation sites is 1. The summed E-state index contributed by atoms with van der Waals surface area (Å²) in [6, 6.07) is 33.2. The minimum atomic E-state index is 0.770. The molecule has 2 radical (unpaired) electrons. The molecule has 0 N–H and O–H groups in total. The van der Waals surface area contributed by atoms with Crippen LogP contribution in [0.15, 0.2) is 97.1 Å². The van der Waals surface area contributed by atoms with E-state index in [1.807, 2.05) is 30.3 Å². The topological polar surface area (TPSA) is 12.9 Å². The van der Waals surface area contributed by atoms with E-state index in [0.29, 0.717) is 0 Å². The maximum atomic E-state index is 6.06. The summed E-state index contributed by atoms with van der Waals surface area (Å²) in [6.07, 6.45) is 0. The highest BCUT2D eigenvalue weighted by Crippen LogP contribution is 2.38. The summed E-state index contributed by atoms with van der Waals surface area (Å²) in [5, 5.41) is 3.53. The van der Waals surface area contributed by atoms with Crippen LogP contribution >= 0.6 is 0 Å². The molecular weight excluding hydrogens is 325 g/mol. The Hall–Kier alpha value is -3.39. The molecule has 1 aromatic heterocycles. The molecule has 0 atom stereocenters. The highest BCUT2D eigenvalue weighted by Gasteiger charge is 2.13. The first-order valence-electron chi connectivity index (χ1n) is 9.04. The van der Waals surface area contributed by atoms with Crippen molar-refractivity contribution in [3.8, 4) is 22.4 Å². The van der Waals surface area contributed by atoms with Crippen LogP contribution in [0.5, 0.6) is 0 Å². The van der Waals surface area contributed by atoms with E-state index in [9.17, 15) is 0 Å². The lowest BCUT2D eigenvalue weighted by Crippen LogP contribution is -2.00. The van der Waals surface area contributed by atoms with E-state index in [4.69, 9.17) is 12.8 Å². The maximum Gasteiger partial charge on any atom is 0.113 e. The molecule has 0 saturated carbocycles. The molecule has 2 heteroatoms. The lowest BCUT2D eigenvalue weighted by atomic mass is 9.89. The zero-order chi connectivity index (χ0) is 18.2. The van der Waals surface area contributed by atoms with Crippen LogP contribution in [0.2, 0.25) is 0 Å². The van der Waals surface area contributed by atoms with E-state index in [2.05, 4.69) is 66.7 Å². The van der Waals surface area contributed by atoms with Crippen LogP contribution in [0.3, 0.4) is 0 Å². The van der Waals surface area contributed by atoms with E-state index >= 15 is 0 Å². The minimum absolute atomic E-state index is 0.770. The van der Waals surface area contributed by atoms with Crippen molar-refractivity contribution in [3.05, 3.63) is 97.1 Å². The largest absolute Gasteiger partial charge is 0.247 e. The maximum absolute atomic E-state index is 6.06. The number of hydrogen-bond donors (Lipinski definition) is 0. The smallest absolute Gasteiger partial charge is 0.113 e. The third kappa shape index (κ3) is 2.70. The van der Waals surface area contributed by atoms with Crippen molar-refractivity contribution >= 4 is 35.0 Å². The first-order valence-corrected chi connectivity index (χ1v) is 9.04. The number of nitrogens with zero attached hydrogens (tertiary/aromatic N) is 1. The molecular formula is C25H16BN. The predicted octanol–water partition coefficient (Wildman–Crippen LogP) is 5.52. The van der Waals surface area contributed by atoms with Crippen LogP contribution in [-0.4, -0.2) is 12.8 Å².